The van der Waals surface area contributed by atoms with Gasteiger partial charge in [0.2, 0.25) is 0 Å². The molecule has 1 aromatic heterocycles. The second-order valence-corrected chi connectivity index (χ2v) is 5.80. The van der Waals surface area contributed by atoms with Crippen LogP contribution in [0.25, 0.3) is 11.3 Å². The van der Waals surface area contributed by atoms with Crippen LogP contribution in [-0.2, 0) is 5.41 Å². The standard InChI is InChI=1S/C15H20N2O/c1-9-6-11(15(3,4)5)7-10(2)13(9)12-8-17-14(16)18-12/h6-8H,1-5H3,(H2,16,17). The number of nitrogens with two attached hydrogens (primary N) is 1. The van der Waals surface area contributed by atoms with E-state index in [0.717, 1.165) is 11.3 Å². The highest BCUT2D eigenvalue weighted by Gasteiger charge is 2.18. The fraction of sp³-hybridized carbons (Fsp3) is 0.400. The molecule has 0 amide bonds. The van der Waals surface area contributed by atoms with Gasteiger partial charge in [-0.2, -0.15) is 0 Å². The number of aromatic nitrogens is 1. The Labute approximate surface area is 108 Å². The molecule has 18 heavy (non-hydrogen) atoms. The summed E-state index contributed by atoms with van der Waals surface area (Å²) < 4.78 is 5.42. The van der Waals surface area contributed by atoms with Gasteiger partial charge in [-0.05, 0) is 36.0 Å². The van der Waals surface area contributed by atoms with Crippen LogP contribution in [0.3, 0.4) is 0 Å². The Balaban J connectivity index is 2.58. The van der Waals surface area contributed by atoms with E-state index >= 15 is 0 Å². The van der Waals surface area contributed by atoms with Crippen LogP contribution in [0.1, 0.15) is 37.5 Å². The zero-order valence-corrected chi connectivity index (χ0v) is 11.7. The molecule has 96 valence electrons. The average Bonchev–Trinajstić information content (AvgIpc) is 2.62. The topological polar surface area (TPSA) is 52.0 Å². The number of aryl methyl sites for hydroxylation is 2. The molecule has 2 rings (SSSR count). The maximum absolute atomic E-state index is 5.54. The third-order valence-electron chi connectivity index (χ3n) is 3.17. The van der Waals surface area contributed by atoms with Gasteiger partial charge in [0, 0.05) is 5.56 Å². The Morgan fingerprint density at radius 3 is 2.06 bits per heavy atom. The predicted molar refractivity (Wildman–Crippen MR) is 74.5 cm³/mol. The van der Waals surface area contributed by atoms with Gasteiger partial charge < -0.3 is 10.2 Å². The van der Waals surface area contributed by atoms with Crippen LogP contribution in [0.15, 0.2) is 22.7 Å². The summed E-state index contributed by atoms with van der Waals surface area (Å²) in [6.45, 7) is 10.8. The van der Waals surface area contributed by atoms with Crippen LogP contribution < -0.4 is 5.73 Å². The monoisotopic (exact) mass is 244 g/mol. The molecule has 1 heterocycles. The number of nitrogen functional groups attached to an aromatic ring is 1. The summed E-state index contributed by atoms with van der Waals surface area (Å²) in [5.74, 6) is 0.739. The van der Waals surface area contributed by atoms with E-state index in [1.165, 1.54) is 16.7 Å². The molecular formula is C15H20N2O. The maximum atomic E-state index is 5.54. The summed E-state index contributed by atoms with van der Waals surface area (Å²) in [7, 11) is 0. The molecule has 3 nitrogen and oxygen atoms in total. The van der Waals surface area contributed by atoms with Crippen LogP contribution in [0.4, 0.5) is 6.01 Å². The molecule has 0 unspecified atom stereocenters. The van der Waals surface area contributed by atoms with Crippen molar-refractivity contribution in [2.75, 3.05) is 5.73 Å². The van der Waals surface area contributed by atoms with Crippen molar-refractivity contribution in [2.45, 2.75) is 40.0 Å². The van der Waals surface area contributed by atoms with Gasteiger partial charge in [0.25, 0.3) is 6.01 Å². The highest BCUT2D eigenvalue weighted by atomic mass is 16.4. The minimum Gasteiger partial charge on any atom is -0.424 e. The predicted octanol–water partition coefficient (Wildman–Crippen LogP) is 3.84. The lowest BCUT2D eigenvalue weighted by Crippen LogP contribution is -2.12. The van der Waals surface area contributed by atoms with Crippen LogP contribution in [0, 0.1) is 13.8 Å². The van der Waals surface area contributed by atoms with Gasteiger partial charge in [-0.25, -0.2) is 4.98 Å². The van der Waals surface area contributed by atoms with Crippen molar-refractivity contribution >= 4 is 6.01 Å². The van der Waals surface area contributed by atoms with E-state index in [-0.39, 0.29) is 11.4 Å². The minimum absolute atomic E-state index is 0.147. The Morgan fingerprint density at radius 1 is 1.11 bits per heavy atom. The fourth-order valence-corrected chi connectivity index (χ4v) is 2.19. The van der Waals surface area contributed by atoms with Gasteiger partial charge in [0.05, 0.1) is 6.20 Å². The van der Waals surface area contributed by atoms with Crippen LogP contribution in [-0.4, -0.2) is 4.98 Å². The summed E-state index contributed by atoms with van der Waals surface area (Å²) >= 11 is 0. The Morgan fingerprint density at radius 2 is 1.67 bits per heavy atom. The lowest BCUT2D eigenvalue weighted by molar-refractivity contribution is 0.585. The van der Waals surface area contributed by atoms with Crippen LogP contribution >= 0.6 is 0 Å². The first-order chi connectivity index (χ1) is 8.29. The Hall–Kier alpha value is -1.77. The number of benzene rings is 1. The highest BCUT2D eigenvalue weighted by Crippen LogP contribution is 2.33. The van der Waals surface area contributed by atoms with Crippen molar-refractivity contribution in [3.63, 3.8) is 0 Å². The Bertz CT molecular complexity index is 553. The molecule has 0 aliphatic rings. The van der Waals surface area contributed by atoms with E-state index in [2.05, 4.69) is 51.7 Å². The fourth-order valence-electron chi connectivity index (χ4n) is 2.19. The number of hydrogen-bond donors (Lipinski definition) is 1. The largest absolute Gasteiger partial charge is 0.424 e. The quantitative estimate of drug-likeness (QED) is 0.829. The van der Waals surface area contributed by atoms with Gasteiger partial charge in [0.1, 0.15) is 0 Å². The van der Waals surface area contributed by atoms with Crippen molar-refractivity contribution in [3.8, 4) is 11.3 Å². The minimum atomic E-state index is 0.147. The normalized spacial score (nSPS) is 11.8. The molecule has 0 aliphatic carbocycles. The van der Waals surface area contributed by atoms with Gasteiger partial charge in [-0.15, -0.1) is 0 Å². The molecule has 2 N–H and O–H groups in total. The SMILES string of the molecule is Cc1cc(C(C)(C)C)cc(C)c1-c1cnc(N)o1. The number of hydrogen-bond acceptors (Lipinski definition) is 3. The molecular weight excluding hydrogens is 224 g/mol. The molecule has 0 fully saturated rings. The molecule has 0 spiro atoms. The van der Waals surface area contributed by atoms with Gasteiger partial charge >= 0.3 is 0 Å². The van der Waals surface area contributed by atoms with Gasteiger partial charge in [-0.3, -0.25) is 0 Å². The molecule has 0 radical (unpaired) electrons. The molecule has 0 atom stereocenters. The number of rotatable bonds is 1. The lowest BCUT2D eigenvalue weighted by Gasteiger charge is -2.21. The van der Waals surface area contributed by atoms with Crippen molar-refractivity contribution in [1.82, 2.24) is 4.98 Å². The number of anilines is 1. The summed E-state index contributed by atoms with van der Waals surface area (Å²) in [5.41, 5.74) is 10.5. The molecule has 0 saturated heterocycles. The zero-order chi connectivity index (χ0) is 13.5. The van der Waals surface area contributed by atoms with Gasteiger partial charge in [-0.1, -0.05) is 32.9 Å². The first-order valence-electron chi connectivity index (χ1n) is 6.12. The highest BCUT2D eigenvalue weighted by molar-refractivity contribution is 5.67. The summed E-state index contributed by atoms with van der Waals surface area (Å²) in [6, 6.07) is 4.63. The second-order valence-electron chi connectivity index (χ2n) is 5.80. The maximum Gasteiger partial charge on any atom is 0.292 e. The third kappa shape index (κ3) is 2.26. The summed E-state index contributed by atoms with van der Waals surface area (Å²) in [4.78, 5) is 3.96. The first-order valence-corrected chi connectivity index (χ1v) is 6.12. The van der Waals surface area contributed by atoms with E-state index in [1.807, 2.05) is 0 Å². The van der Waals surface area contributed by atoms with E-state index in [0.29, 0.717) is 0 Å². The Kier molecular flexibility index (Phi) is 2.93. The summed E-state index contributed by atoms with van der Waals surface area (Å²) in [5, 5.41) is 0. The molecule has 0 aliphatic heterocycles. The smallest absolute Gasteiger partial charge is 0.292 e. The van der Waals surface area contributed by atoms with E-state index in [1.54, 1.807) is 6.20 Å². The average molecular weight is 244 g/mol. The number of oxazole rings is 1. The molecule has 3 heteroatoms. The van der Waals surface area contributed by atoms with Crippen molar-refractivity contribution in [1.29, 1.82) is 0 Å². The first kappa shape index (κ1) is 12.7. The second kappa shape index (κ2) is 4.16. The molecule has 0 bridgehead atoms. The van der Waals surface area contributed by atoms with Crippen molar-refractivity contribution in [3.05, 3.63) is 35.0 Å². The molecule has 2 aromatic rings. The number of nitrogens with zero attached hydrogens (tertiary/aromatic N) is 1. The summed E-state index contributed by atoms with van der Waals surface area (Å²) in [6.07, 6.45) is 1.68. The van der Waals surface area contributed by atoms with E-state index in [9.17, 15) is 0 Å². The molecule has 0 saturated carbocycles. The van der Waals surface area contributed by atoms with Crippen molar-refractivity contribution < 1.29 is 4.42 Å². The molecule has 1 aromatic carbocycles. The van der Waals surface area contributed by atoms with Crippen LogP contribution in [0.2, 0.25) is 0 Å². The van der Waals surface area contributed by atoms with E-state index < -0.39 is 0 Å². The van der Waals surface area contributed by atoms with Gasteiger partial charge in [0.15, 0.2) is 5.76 Å². The lowest BCUT2D eigenvalue weighted by atomic mass is 9.83. The van der Waals surface area contributed by atoms with E-state index in [4.69, 9.17) is 10.2 Å². The van der Waals surface area contributed by atoms with Crippen LogP contribution in [0.5, 0.6) is 0 Å². The van der Waals surface area contributed by atoms with Crippen molar-refractivity contribution in [2.24, 2.45) is 0 Å². The zero-order valence-electron chi connectivity index (χ0n) is 11.7. The third-order valence-corrected chi connectivity index (χ3v) is 3.17.